The normalized spacial score (nSPS) is 21.2. The van der Waals surface area contributed by atoms with E-state index in [4.69, 9.17) is 9.47 Å². The SMILES string of the molecule is N#CC(CNCC1COCCO1)c1ccccc1. The molecule has 2 rings (SSSR count). The molecule has 1 aromatic rings. The van der Waals surface area contributed by atoms with Crippen molar-refractivity contribution in [3.63, 3.8) is 0 Å². The lowest BCUT2D eigenvalue weighted by atomic mass is 10.0. The third-order valence-electron chi connectivity index (χ3n) is 2.96. The third kappa shape index (κ3) is 3.81. The molecule has 0 amide bonds. The predicted molar refractivity (Wildman–Crippen MR) is 68.2 cm³/mol. The zero-order chi connectivity index (χ0) is 12.6. The standard InChI is InChI=1S/C14H18N2O2/c15-8-13(12-4-2-1-3-5-12)9-16-10-14-11-17-6-7-18-14/h1-5,13-14,16H,6-7,9-11H2. The number of nitrogens with one attached hydrogen (secondary N) is 1. The van der Waals surface area contributed by atoms with Crippen LogP contribution in [0.5, 0.6) is 0 Å². The van der Waals surface area contributed by atoms with Crippen molar-refractivity contribution in [2.75, 3.05) is 32.9 Å². The fourth-order valence-electron chi connectivity index (χ4n) is 1.97. The summed E-state index contributed by atoms with van der Waals surface area (Å²) in [5, 5.41) is 12.4. The van der Waals surface area contributed by atoms with Gasteiger partial charge in [0.25, 0.3) is 0 Å². The Morgan fingerprint density at radius 3 is 2.83 bits per heavy atom. The van der Waals surface area contributed by atoms with E-state index in [1.165, 1.54) is 0 Å². The molecule has 1 N–H and O–H groups in total. The third-order valence-corrected chi connectivity index (χ3v) is 2.96. The summed E-state index contributed by atoms with van der Waals surface area (Å²) < 4.78 is 10.8. The van der Waals surface area contributed by atoms with Gasteiger partial charge >= 0.3 is 0 Å². The van der Waals surface area contributed by atoms with Crippen molar-refractivity contribution in [1.82, 2.24) is 5.32 Å². The highest BCUT2D eigenvalue weighted by Gasteiger charge is 2.15. The lowest BCUT2D eigenvalue weighted by Crippen LogP contribution is -2.38. The second-order valence-electron chi connectivity index (χ2n) is 4.32. The number of nitrogens with zero attached hydrogens (tertiary/aromatic N) is 1. The molecular formula is C14H18N2O2. The molecule has 1 fully saturated rings. The van der Waals surface area contributed by atoms with Gasteiger partial charge < -0.3 is 14.8 Å². The van der Waals surface area contributed by atoms with Gasteiger partial charge in [-0.15, -0.1) is 0 Å². The summed E-state index contributed by atoms with van der Waals surface area (Å²) in [6.07, 6.45) is 0.105. The van der Waals surface area contributed by atoms with Crippen LogP contribution >= 0.6 is 0 Å². The molecule has 4 heteroatoms. The fraction of sp³-hybridized carbons (Fsp3) is 0.500. The van der Waals surface area contributed by atoms with E-state index in [-0.39, 0.29) is 12.0 Å². The molecule has 18 heavy (non-hydrogen) atoms. The van der Waals surface area contributed by atoms with Crippen molar-refractivity contribution in [1.29, 1.82) is 5.26 Å². The van der Waals surface area contributed by atoms with Gasteiger partial charge in [-0.1, -0.05) is 30.3 Å². The number of rotatable bonds is 5. The maximum atomic E-state index is 9.17. The predicted octanol–water partition coefficient (Wildman–Crippen LogP) is 1.30. The summed E-state index contributed by atoms with van der Waals surface area (Å²) in [6.45, 7) is 3.34. The van der Waals surface area contributed by atoms with Crippen molar-refractivity contribution < 1.29 is 9.47 Å². The van der Waals surface area contributed by atoms with Crippen molar-refractivity contribution in [2.45, 2.75) is 12.0 Å². The van der Waals surface area contributed by atoms with E-state index in [0.29, 0.717) is 26.4 Å². The smallest absolute Gasteiger partial charge is 0.0933 e. The van der Waals surface area contributed by atoms with Gasteiger partial charge in [-0.05, 0) is 5.56 Å². The van der Waals surface area contributed by atoms with E-state index in [9.17, 15) is 5.26 Å². The van der Waals surface area contributed by atoms with Crippen LogP contribution in [0.15, 0.2) is 30.3 Å². The van der Waals surface area contributed by atoms with Gasteiger partial charge in [-0.2, -0.15) is 5.26 Å². The molecule has 0 spiro atoms. The number of hydrogen-bond acceptors (Lipinski definition) is 4. The van der Waals surface area contributed by atoms with E-state index in [1.54, 1.807) is 0 Å². The van der Waals surface area contributed by atoms with Gasteiger partial charge in [0.05, 0.1) is 37.9 Å². The Bertz CT molecular complexity index is 383. The second kappa shape index (κ2) is 7.12. The molecule has 1 aliphatic heterocycles. The van der Waals surface area contributed by atoms with Crippen LogP contribution in [0.2, 0.25) is 0 Å². The Balaban J connectivity index is 1.76. The van der Waals surface area contributed by atoms with Crippen molar-refractivity contribution in [3.05, 3.63) is 35.9 Å². The van der Waals surface area contributed by atoms with Crippen LogP contribution in [-0.2, 0) is 9.47 Å². The van der Waals surface area contributed by atoms with Crippen LogP contribution in [0.3, 0.4) is 0 Å². The summed E-state index contributed by atoms with van der Waals surface area (Å²) in [7, 11) is 0. The van der Waals surface area contributed by atoms with Gasteiger partial charge in [-0.3, -0.25) is 0 Å². The first-order chi connectivity index (χ1) is 8.90. The van der Waals surface area contributed by atoms with Crippen LogP contribution in [0, 0.1) is 11.3 Å². The number of benzene rings is 1. The molecule has 0 aliphatic carbocycles. The first kappa shape index (κ1) is 13.0. The van der Waals surface area contributed by atoms with Crippen molar-refractivity contribution >= 4 is 0 Å². The topological polar surface area (TPSA) is 54.3 Å². The molecule has 1 heterocycles. The molecule has 2 atom stereocenters. The molecule has 2 unspecified atom stereocenters. The summed E-state index contributed by atoms with van der Waals surface area (Å²) in [4.78, 5) is 0. The quantitative estimate of drug-likeness (QED) is 0.851. The monoisotopic (exact) mass is 246 g/mol. The van der Waals surface area contributed by atoms with E-state index in [2.05, 4.69) is 11.4 Å². The zero-order valence-corrected chi connectivity index (χ0v) is 10.3. The van der Waals surface area contributed by atoms with Crippen LogP contribution in [0.1, 0.15) is 11.5 Å². The summed E-state index contributed by atoms with van der Waals surface area (Å²) in [5.41, 5.74) is 1.05. The van der Waals surface area contributed by atoms with Gasteiger partial charge in [0, 0.05) is 13.1 Å². The molecule has 0 radical (unpaired) electrons. The second-order valence-corrected chi connectivity index (χ2v) is 4.32. The highest BCUT2D eigenvalue weighted by molar-refractivity contribution is 5.24. The Morgan fingerprint density at radius 2 is 2.17 bits per heavy atom. The number of nitriles is 1. The molecule has 1 aliphatic rings. The highest BCUT2D eigenvalue weighted by atomic mass is 16.6. The molecule has 0 aromatic heterocycles. The molecule has 0 saturated carbocycles. The maximum Gasteiger partial charge on any atom is 0.0933 e. The van der Waals surface area contributed by atoms with E-state index in [1.807, 2.05) is 30.3 Å². The fourth-order valence-corrected chi connectivity index (χ4v) is 1.97. The molecular weight excluding hydrogens is 228 g/mol. The minimum atomic E-state index is -0.115. The number of hydrogen-bond donors (Lipinski definition) is 1. The minimum Gasteiger partial charge on any atom is -0.376 e. The van der Waals surface area contributed by atoms with E-state index in [0.717, 1.165) is 12.1 Å². The molecule has 96 valence electrons. The van der Waals surface area contributed by atoms with Crippen molar-refractivity contribution in [2.24, 2.45) is 0 Å². The lowest BCUT2D eigenvalue weighted by molar-refractivity contribution is -0.0863. The number of ether oxygens (including phenoxy) is 2. The largest absolute Gasteiger partial charge is 0.376 e. The van der Waals surface area contributed by atoms with Crippen LogP contribution in [0.4, 0.5) is 0 Å². The molecule has 4 nitrogen and oxygen atoms in total. The average molecular weight is 246 g/mol. The molecule has 1 aromatic carbocycles. The Kier molecular flexibility index (Phi) is 5.15. The minimum absolute atomic E-state index is 0.105. The Morgan fingerprint density at radius 1 is 1.33 bits per heavy atom. The maximum absolute atomic E-state index is 9.17. The summed E-state index contributed by atoms with van der Waals surface area (Å²) >= 11 is 0. The first-order valence-electron chi connectivity index (χ1n) is 6.25. The van der Waals surface area contributed by atoms with Gasteiger partial charge in [0.1, 0.15) is 0 Å². The Hall–Kier alpha value is -1.41. The van der Waals surface area contributed by atoms with E-state index >= 15 is 0 Å². The summed E-state index contributed by atoms with van der Waals surface area (Å²) in [5.74, 6) is -0.115. The zero-order valence-electron chi connectivity index (χ0n) is 10.3. The Labute approximate surface area is 108 Å². The molecule has 1 saturated heterocycles. The van der Waals surface area contributed by atoms with Crippen LogP contribution in [0.25, 0.3) is 0 Å². The van der Waals surface area contributed by atoms with Gasteiger partial charge in [-0.25, -0.2) is 0 Å². The highest BCUT2D eigenvalue weighted by Crippen LogP contribution is 2.13. The lowest BCUT2D eigenvalue weighted by Gasteiger charge is -2.23. The van der Waals surface area contributed by atoms with Crippen LogP contribution < -0.4 is 5.32 Å². The van der Waals surface area contributed by atoms with E-state index < -0.39 is 0 Å². The van der Waals surface area contributed by atoms with Gasteiger partial charge in [0.2, 0.25) is 0 Å². The van der Waals surface area contributed by atoms with Gasteiger partial charge in [0.15, 0.2) is 0 Å². The van der Waals surface area contributed by atoms with Crippen LogP contribution in [-0.4, -0.2) is 39.0 Å². The molecule has 0 bridgehead atoms. The van der Waals surface area contributed by atoms with Crippen molar-refractivity contribution in [3.8, 4) is 6.07 Å². The average Bonchev–Trinajstić information content (AvgIpc) is 2.46. The summed E-state index contributed by atoms with van der Waals surface area (Å²) in [6, 6.07) is 12.2. The first-order valence-corrected chi connectivity index (χ1v) is 6.25.